The van der Waals surface area contributed by atoms with Crippen molar-refractivity contribution in [1.82, 2.24) is 29.5 Å². The second-order valence-electron chi connectivity index (χ2n) is 9.73. The summed E-state index contributed by atoms with van der Waals surface area (Å²) in [7, 11) is 0. The van der Waals surface area contributed by atoms with Gasteiger partial charge in [0.05, 0.1) is 41.9 Å². The number of benzene rings is 1. The number of rotatable bonds is 8. The van der Waals surface area contributed by atoms with Crippen LogP contribution in [0.5, 0.6) is 0 Å². The third-order valence-electron chi connectivity index (χ3n) is 6.69. The van der Waals surface area contributed by atoms with Gasteiger partial charge in [0.2, 0.25) is 0 Å². The Morgan fingerprint density at radius 3 is 2.60 bits per heavy atom. The van der Waals surface area contributed by atoms with E-state index in [0.717, 1.165) is 4.68 Å². The zero-order valence-electron chi connectivity index (χ0n) is 22.2. The minimum absolute atomic E-state index is 0.0987. The van der Waals surface area contributed by atoms with Crippen LogP contribution in [-0.4, -0.2) is 59.6 Å². The van der Waals surface area contributed by atoms with Crippen LogP contribution >= 0.6 is 27.5 Å². The Bertz CT molecular complexity index is 1630. The Kier molecular flexibility index (Phi) is 8.42. The van der Waals surface area contributed by atoms with Crippen molar-refractivity contribution in [3.63, 3.8) is 0 Å². The smallest absolute Gasteiger partial charge is 0.388 e. The normalized spacial score (nSPS) is 18.6. The quantitative estimate of drug-likeness (QED) is 0.187. The maximum Gasteiger partial charge on any atom is 0.435 e. The van der Waals surface area contributed by atoms with E-state index in [-0.39, 0.29) is 52.7 Å². The van der Waals surface area contributed by atoms with Crippen molar-refractivity contribution in [3.05, 3.63) is 74.8 Å². The van der Waals surface area contributed by atoms with Crippen molar-refractivity contribution in [3.8, 4) is 16.8 Å². The zero-order chi connectivity index (χ0) is 30.5. The molecule has 1 aromatic carbocycles. The van der Waals surface area contributed by atoms with Gasteiger partial charge in [0, 0.05) is 21.8 Å². The molecule has 4 heterocycles. The molecule has 0 radical (unpaired) electrons. The molecule has 42 heavy (non-hydrogen) atoms. The first-order valence-electron chi connectivity index (χ1n) is 12.5. The Morgan fingerprint density at radius 1 is 1.21 bits per heavy atom. The van der Waals surface area contributed by atoms with Gasteiger partial charge < -0.3 is 14.6 Å². The van der Waals surface area contributed by atoms with Gasteiger partial charge in [0.1, 0.15) is 24.1 Å². The van der Waals surface area contributed by atoms with Crippen LogP contribution in [0, 0.1) is 25.5 Å². The van der Waals surface area contributed by atoms with E-state index in [9.17, 15) is 27.1 Å². The van der Waals surface area contributed by atoms with Crippen molar-refractivity contribution >= 4 is 27.5 Å². The first-order valence-corrected chi connectivity index (χ1v) is 13.7. The molecule has 1 N–H and O–H groups in total. The summed E-state index contributed by atoms with van der Waals surface area (Å²) in [5.41, 5.74) is -1.39. The molecule has 0 aliphatic carbocycles. The standard InChI is InChI=1S/C26H23BrClF5N6O3/c1-11-16(27)6-18(24(35-11)26(31,32)33)39-25(36-13(3)37-39)23(42-20-10-41-12(20)2)19(40)9-38-8-14(7-34-38)15-4-5-17(28)22(30)21(15)29/h4-8,12,19-20,23,40H,9-10H2,1-3H3/t12-,19+,20?,23?/m1/s1. The van der Waals surface area contributed by atoms with E-state index in [1.54, 1.807) is 6.92 Å². The highest BCUT2D eigenvalue weighted by Crippen LogP contribution is 2.37. The fraction of sp³-hybridized carbons (Fsp3) is 0.385. The van der Waals surface area contributed by atoms with E-state index in [1.165, 1.54) is 49.1 Å². The molecule has 2 unspecified atom stereocenters. The second-order valence-corrected chi connectivity index (χ2v) is 11.0. The minimum atomic E-state index is -4.83. The summed E-state index contributed by atoms with van der Waals surface area (Å²) < 4.78 is 84.7. The number of hydrogen-bond donors (Lipinski definition) is 1. The molecule has 1 aliphatic rings. The molecule has 9 nitrogen and oxygen atoms in total. The van der Waals surface area contributed by atoms with Gasteiger partial charge in [-0.2, -0.15) is 23.4 Å². The molecule has 0 spiro atoms. The molecule has 0 amide bonds. The van der Waals surface area contributed by atoms with Gasteiger partial charge >= 0.3 is 6.18 Å². The number of ether oxygens (including phenoxy) is 2. The molecule has 4 aromatic rings. The second kappa shape index (κ2) is 11.6. The van der Waals surface area contributed by atoms with Gasteiger partial charge in [-0.3, -0.25) is 4.68 Å². The van der Waals surface area contributed by atoms with Crippen LogP contribution in [0.25, 0.3) is 16.8 Å². The van der Waals surface area contributed by atoms with Gasteiger partial charge in [-0.1, -0.05) is 11.6 Å². The summed E-state index contributed by atoms with van der Waals surface area (Å²) in [5.74, 6) is -2.36. The highest BCUT2D eigenvalue weighted by atomic mass is 79.9. The van der Waals surface area contributed by atoms with E-state index in [2.05, 4.69) is 36.1 Å². The average molecular weight is 678 g/mol. The van der Waals surface area contributed by atoms with Crippen LogP contribution in [0.1, 0.15) is 36.1 Å². The van der Waals surface area contributed by atoms with Crippen LogP contribution < -0.4 is 0 Å². The first-order chi connectivity index (χ1) is 19.7. The summed E-state index contributed by atoms with van der Waals surface area (Å²) >= 11 is 8.88. The number of hydrogen-bond acceptors (Lipinski definition) is 7. The van der Waals surface area contributed by atoms with Crippen molar-refractivity contribution in [1.29, 1.82) is 0 Å². The lowest BCUT2D eigenvalue weighted by atomic mass is 10.1. The van der Waals surface area contributed by atoms with Gasteiger partial charge in [-0.15, -0.1) is 0 Å². The highest BCUT2D eigenvalue weighted by Gasteiger charge is 2.41. The minimum Gasteiger partial charge on any atom is -0.388 e. The number of aryl methyl sites for hydroxylation is 2. The Labute approximate surface area is 249 Å². The summed E-state index contributed by atoms with van der Waals surface area (Å²) in [6.45, 7) is 4.60. The zero-order valence-corrected chi connectivity index (χ0v) is 24.5. The van der Waals surface area contributed by atoms with Crippen molar-refractivity contribution in [2.45, 2.75) is 57.9 Å². The SMILES string of the molecule is Cc1nc(C(OC2CO[C@@H]2C)[C@@H](O)Cn2cc(-c3ccc(Cl)c(F)c3F)cn2)n(-c2cc(Br)c(C)nc2C(F)(F)F)n1. The molecule has 1 fully saturated rings. The van der Waals surface area contributed by atoms with E-state index in [1.807, 2.05) is 0 Å². The molecule has 5 rings (SSSR count). The maximum absolute atomic E-state index is 14.5. The number of nitrogens with zero attached hydrogens (tertiary/aromatic N) is 6. The number of alkyl halides is 3. The molecule has 0 saturated carbocycles. The molecule has 0 bridgehead atoms. The molecule has 16 heteroatoms. The van der Waals surface area contributed by atoms with Crippen LogP contribution in [-0.2, 0) is 22.2 Å². The predicted octanol–water partition coefficient (Wildman–Crippen LogP) is 5.76. The highest BCUT2D eigenvalue weighted by molar-refractivity contribution is 9.10. The average Bonchev–Trinajstić information content (AvgIpc) is 3.53. The van der Waals surface area contributed by atoms with Gasteiger partial charge in [0.25, 0.3) is 0 Å². The fourth-order valence-corrected chi connectivity index (χ4v) is 4.85. The number of aromatic nitrogens is 6. The molecular weight excluding hydrogens is 655 g/mol. The topological polar surface area (TPSA) is 100 Å². The van der Waals surface area contributed by atoms with E-state index in [4.69, 9.17) is 21.1 Å². The molecular formula is C26H23BrClF5N6O3. The molecule has 224 valence electrons. The van der Waals surface area contributed by atoms with Gasteiger partial charge in [-0.25, -0.2) is 23.4 Å². The Balaban J connectivity index is 1.53. The lowest BCUT2D eigenvalue weighted by molar-refractivity contribution is -0.218. The number of aliphatic hydroxyl groups is 1. The van der Waals surface area contributed by atoms with Crippen LogP contribution in [0.3, 0.4) is 0 Å². The van der Waals surface area contributed by atoms with E-state index in [0.29, 0.717) is 4.47 Å². The van der Waals surface area contributed by atoms with Crippen molar-refractivity contribution in [2.24, 2.45) is 0 Å². The lowest BCUT2D eigenvalue weighted by Crippen LogP contribution is -2.47. The third kappa shape index (κ3) is 5.93. The fourth-order valence-electron chi connectivity index (χ4n) is 4.40. The van der Waals surface area contributed by atoms with E-state index < -0.39 is 47.5 Å². The predicted molar refractivity (Wildman–Crippen MR) is 143 cm³/mol. The van der Waals surface area contributed by atoms with Crippen molar-refractivity contribution < 1.29 is 36.5 Å². The van der Waals surface area contributed by atoms with Crippen LogP contribution in [0.2, 0.25) is 5.02 Å². The van der Waals surface area contributed by atoms with Crippen LogP contribution in [0.15, 0.2) is 35.1 Å². The molecule has 1 aliphatic heterocycles. The molecule has 1 saturated heterocycles. The summed E-state index contributed by atoms with van der Waals surface area (Å²) in [5, 5.41) is 19.3. The molecule has 4 atom stereocenters. The Hall–Kier alpha value is -2.98. The number of pyridine rings is 1. The first kappa shape index (κ1) is 30.5. The summed E-state index contributed by atoms with van der Waals surface area (Å²) in [6.07, 6.45) is -5.77. The number of halogens is 7. The van der Waals surface area contributed by atoms with Crippen LogP contribution in [0.4, 0.5) is 22.0 Å². The Morgan fingerprint density at radius 2 is 1.95 bits per heavy atom. The van der Waals surface area contributed by atoms with E-state index >= 15 is 0 Å². The van der Waals surface area contributed by atoms with Crippen molar-refractivity contribution in [2.75, 3.05) is 6.61 Å². The van der Waals surface area contributed by atoms with Gasteiger partial charge in [-0.05, 0) is 54.9 Å². The number of aliphatic hydroxyl groups excluding tert-OH is 1. The largest absolute Gasteiger partial charge is 0.435 e. The molecule has 3 aromatic heterocycles. The van der Waals surface area contributed by atoms with Gasteiger partial charge in [0.15, 0.2) is 23.2 Å². The lowest BCUT2D eigenvalue weighted by Gasteiger charge is -2.37. The summed E-state index contributed by atoms with van der Waals surface area (Å²) in [6, 6.07) is 3.72. The maximum atomic E-state index is 14.5. The monoisotopic (exact) mass is 676 g/mol. The third-order valence-corrected chi connectivity index (χ3v) is 7.79. The summed E-state index contributed by atoms with van der Waals surface area (Å²) in [4.78, 5) is 8.06.